The maximum absolute atomic E-state index is 13.0. The summed E-state index contributed by atoms with van der Waals surface area (Å²) in [6, 6.07) is 11.0. The molecule has 19 heavy (non-hydrogen) atoms. The van der Waals surface area contributed by atoms with Crippen molar-refractivity contribution in [2.24, 2.45) is 0 Å². The van der Waals surface area contributed by atoms with Crippen LogP contribution in [-0.4, -0.2) is 11.1 Å². The van der Waals surface area contributed by atoms with E-state index in [0.29, 0.717) is 11.0 Å². The van der Waals surface area contributed by atoms with Crippen molar-refractivity contribution in [2.75, 3.05) is 5.32 Å². The van der Waals surface area contributed by atoms with Gasteiger partial charge in [-0.15, -0.1) is 0 Å². The Morgan fingerprint density at radius 1 is 1.26 bits per heavy atom. The number of aromatic carboxylic acids is 1. The second-order valence-corrected chi connectivity index (χ2v) is 4.84. The molecule has 0 heterocycles. The molecule has 98 valence electrons. The normalized spacial score (nSPS) is 10.2. The molecule has 2 N–H and O–H groups in total. The Morgan fingerprint density at radius 2 is 2.05 bits per heavy atom. The average Bonchev–Trinajstić information content (AvgIpc) is 2.37. The summed E-state index contributed by atoms with van der Waals surface area (Å²) in [7, 11) is 0. The lowest BCUT2D eigenvalue weighted by Gasteiger charge is -2.09. The van der Waals surface area contributed by atoms with Gasteiger partial charge in [-0.3, -0.25) is 0 Å². The fourth-order valence-corrected chi connectivity index (χ4v) is 2.15. The van der Waals surface area contributed by atoms with Crippen LogP contribution in [0, 0.1) is 5.82 Å². The monoisotopic (exact) mass is 323 g/mol. The number of carboxylic acid groups (broad SMARTS) is 1. The summed E-state index contributed by atoms with van der Waals surface area (Å²) >= 11 is 3.30. The third-order valence-corrected chi connectivity index (χ3v) is 3.24. The van der Waals surface area contributed by atoms with Gasteiger partial charge in [0.1, 0.15) is 5.82 Å². The molecule has 0 aromatic heterocycles. The number of anilines is 1. The minimum Gasteiger partial charge on any atom is -0.478 e. The van der Waals surface area contributed by atoms with Crippen LogP contribution in [0.5, 0.6) is 0 Å². The summed E-state index contributed by atoms with van der Waals surface area (Å²) in [6.45, 7) is 0.461. The highest BCUT2D eigenvalue weighted by Gasteiger charge is 2.06. The standard InChI is InChI=1S/C14H11BrFNO2/c15-12-7-10(14(18)19)4-5-13(12)17-8-9-2-1-3-11(16)6-9/h1-7,17H,8H2,(H,18,19). The number of carboxylic acids is 1. The molecule has 0 saturated carbocycles. The van der Waals surface area contributed by atoms with Crippen LogP contribution < -0.4 is 5.32 Å². The van der Waals surface area contributed by atoms with Crippen molar-refractivity contribution in [2.45, 2.75) is 6.54 Å². The highest BCUT2D eigenvalue weighted by molar-refractivity contribution is 9.10. The molecule has 0 amide bonds. The molecule has 0 bridgehead atoms. The van der Waals surface area contributed by atoms with Crippen LogP contribution in [0.3, 0.4) is 0 Å². The van der Waals surface area contributed by atoms with Crippen molar-refractivity contribution in [3.05, 3.63) is 63.9 Å². The predicted octanol–water partition coefficient (Wildman–Crippen LogP) is 3.90. The minimum absolute atomic E-state index is 0.211. The molecule has 0 aliphatic heterocycles. The number of nitrogens with one attached hydrogen (secondary N) is 1. The number of rotatable bonds is 4. The molecular formula is C14H11BrFNO2. The Morgan fingerprint density at radius 3 is 2.68 bits per heavy atom. The second kappa shape index (κ2) is 5.84. The van der Waals surface area contributed by atoms with Gasteiger partial charge < -0.3 is 10.4 Å². The zero-order valence-corrected chi connectivity index (χ0v) is 11.4. The molecule has 0 saturated heterocycles. The van der Waals surface area contributed by atoms with Crippen molar-refractivity contribution in [3.8, 4) is 0 Å². The minimum atomic E-state index is -0.975. The van der Waals surface area contributed by atoms with Crippen LogP contribution in [0.4, 0.5) is 10.1 Å². The molecule has 3 nitrogen and oxygen atoms in total. The third kappa shape index (κ3) is 3.54. The van der Waals surface area contributed by atoms with Gasteiger partial charge in [0, 0.05) is 16.7 Å². The molecule has 0 spiro atoms. The summed E-state index contributed by atoms with van der Waals surface area (Å²) in [5, 5.41) is 12.0. The van der Waals surface area contributed by atoms with Gasteiger partial charge in [0.25, 0.3) is 0 Å². The number of hydrogen-bond acceptors (Lipinski definition) is 2. The lowest BCUT2D eigenvalue weighted by Crippen LogP contribution is -2.02. The summed E-state index contributed by atoms with van der Waals surface area (Å²) in [5.74, 6) is -1.25. The van der Waals surface area contributed by atoms with Crippen LogP contribution >= 0.6 is 15.9 Å². The molecule has 2 rings (SSSR count). The van der Waals surface area contributed by atoms with Crippen molar-refractivity contribution in [1.82, 2.24) is 0 Å². The zero-order valence-electron chi connectivity index (χ0n) is 9.86. The Balaban J connectivity index is 2.10. The molecule has 0 unspecified atom stereocenters. The van der Waals surface area contributed by atoms with E-state index in [2.05, 4.69) is 21.2 Å². The first-order chi connectivity index (χ1) is 9.06. The van der Waals surface area contributed by atoms with Gasteiger partial charge in [-0.2, -0.15) is 0 Å². The summed E-state index contributed by atoms with van der Waals surface area (Å²) < 4.78 is 13.7. The number of hydrogen-bond donors (Lipinski definition) is 2. The SMILES string of the molecule is O=C(O)c1ccc(NCc2cccc(F)c2)c(Br)c1. The molecule has 2 aromatic carbocycles. The summed E-state index contributed by atoms with van der Waals surface area (Å²) in [5.41, 5.74) is 1.78. The van der Waals surface area contributed by atoms with Gasteiger partial charge in [-0.25, -0.2) is 9.18 Å². The van der Waals surface area contributed by atoms with E-state index in [-0.39, 0.29) is 11.4 Å². The lowest BCUT2D eigenvalue weighted by atomic mass is 10.2. The van der Waals surface area contributed by atoms with E-state index in [1.165, 1.54) is 24.3 Å². The maximum Gasteiger partial charge on any atom is 0.335 e. The smallest absolute Gasteiger partial charge is 0.335 e. The molecule has 0 radical (unpaired) electrons. The van der Waals surface area contributed by atoms with E-state index in [0.717, 1.165) is 11.3 Å². The molecule has 0 fully saturated rings. The molecule has 5 heteroatoms. The Bertz CT molecular complexity index is 616. The van der Waals surface area contributed by atoms with Gasteiger partial charge in [-0.1, -0.05) is 12.1 Å². The van der Waals surface area contributed by atoms with Gasteiger partial charge in [-0.05, 0) is 51.8 Å². The van der Waals surface area contributed by atoms with Crippen LogP contribution in [0.25, 0.3) is 0 Å². The van der Waals surface area contributed by atoms with Crippen molar-refractivity contribution >= 4 is 27.6 Å². The van der Waals surface area contributed by atoms with Crippen LogP contribution in [0.1, 0.15) is 15.9 Å². The highest BCUT2D eigenvalue weighted by Crippen LogP contribution is 2.24. The summed E-state index contributed by atoms with van der Waals surface area (Å²) in [6.07, 6.45) is 0. The Kier molecular flexibility index (Phi) is 4.16. The number of benzene rings is 2. The first-order valence-electron chi connectivity index (χ1n) is 5.57. The van der Waals surface area contributed by atoms with Crippen molar-refractivity contribution in [1.29, 1.82) is 0 Å². The number of carbonyl (C=O) groups is 1. The quantitative estimate of drug-likeness (QED) is 0.897. The maximum atomic E-state index is 13.0. The zero-order chi connectivity index (χ0) is 13.8. The Hall–Kier alpha value is -1.88. The largest absolute Gasteiger partial charge is 0.478 e. The topological polar surface area (TPSA) is 49.3 Å². The molecule has 0 aliphatic rings. The van der Waals surface area contributed by atoms with E-state index in [4.69, 9.17) is 5.11 Å². The lowest BCUT2D eigenvalue weighted by molar-refractivity contribution is 0.0697. The molecular weight excluding hydrogens is 313 g/mol. The van der Waals surface area contributed by atoms with Gasteiger partial charge >= 0.3 is 5.97 Å². The van der Waals surface area contributed by atoms with Crippen LogP contribution in [-0.2, 0) is 6.54 Å². The van der Waals surface area contributed by atoms with Gasteiger partial charge in [0.2, 0.25) is 0 Å². The highest BCUT2D eigenvalue weighted by atomic mass is 79.9. The second-order valence-electron chi connectivity index (χ2n) is 3.98. The fraction of sp³-hybridized carbons (Fsp3) is 0.0714. The van der Waals surface area contributed by atoms with E-state index in [1.807, 2.05) is 6.07 Å². The number of halogens is 2. The molecule has 2 aromatic rings. The van der Waals surface area contributed by atoms with E-state index < -0.39 is 5.97 Å². The van der Waals surface area contributed by atoms with E-state index in [9.17, 15) is 9.18 Å². The average molecular weight is 324 g/mol. The molecule has 0 aliphatic carbocycles. The van der Waals surface area contributed by atoms with E-state index in [1.54, 1.807) is 12.1 Å². The fourth-order valence-electron chi connectivity index (χ4n) is 1.64. The Labute approximate surface area is 118 Å². The van der Waals surface area contributed by atoms with E-state index >= 15 is 0 Å². The van der Waals surface area contributed by atoms with Crippen molar-refractivity contribution < 1.29 is 14.3 Å². The predicted molar refractivity (Wildman–Crippen MR) is 74.8 cm³/mol. The van der Waals surface area contributed by atoms with Crippen LogP contribution in [0.2, 0.25) is 0 Å². The van der Waals surface area contributed by atoms with Gasteiger partial charge in [0.15, 0.2) is 0 Å². The molecule has 0 atom stereocenters. The first kappa shape index (κ1) is 13.5. The van der Waals surface area contributed by atoms with Crippen LogP contribution in [0.15, 0.2) is 46.9 Å². The third-order valence-electron chi connectivity index (χ3n) is 2.59. The van der Waals surface area contributed by atoms with Gasteiger partial charge in [0.05, 0.1) is 5.56 Å². The summed E-state index contributed by atoms with van der Waals surface area (Å²) in [4.78, 5) is 10.8. The first-order valence-corrected chi connectivity index (χ1v) is 6.37. The van der Waals surface area contributed by atoms with Crippen molar-refractivity contribution in [3.63, 3.8) is 0 Å².